The molecule has 0 spiro atoms. The van der Waals surface area contributed by atoms with E-state index in [2.05, 4.69) is 39.6 Å². The van der Waals surface area contributed by atoms with E-state index in [1.165, 1.54) is 11.8 Å². The number of hydrogen-bond donors (Lipinski definition) is 1. The largest absolute Gasteiger partial charge is 0.337 e. The van der Waals surface area contributed by atoms with Gasteiger partial charge in [0, 0.05) is 10.3 Å². The molecule has 0 radical (unpaired) electrons. The molecular formula is C22H22N4OS2. The van der Waals surface area contributed by atoms with E-state index in [0.717, 1.165) is 64.2 Å². The third kappa shape index (κ3) is 4.60. The van der Waals surface area contributed by atoms with Crippen LogP contribution in [0.4, 0.5) is 0 Å². The third-order valence-corrected chi connectivity index (χ3v) is 7.34. The average Bonchev–Trinajstić information content (AvgIpc) is 3.07. The molecule has 4 rings (SSSR count). The summed E-state index contributed by atoms with van der Waals surface area (Å²) in [5.41, 5.74) is 0.436. The Morgan fingerprint density at radius 3 is 2.66 bits per heavy atom. The monoisotopic (exact) mass is 422 g/mol. The van der Waals surface area contributed by atoms with E-state index < -0.39 is 5.54 Å². The zero-order chi connectivity index (χ0) is 20.1. The van der Waals surface area contributed by atoms with Gasteiger partial charge in [-0.05, 0) is 24.5 Å². The first-order chi connectivity index (χ1) is 14.2. The van der Waals surface area contributed by atoms with Gasteiger partial charge in [0.15, 0.2) is 0 Å². The molecule has 1 aliphatic rings. The number of carbonyl (C=O) groups is 1. The van der Waals surface area contributed by atoms with Gasteiger partial charge in [0.1, 0.15) is 21.7 Å². The number of rotatable bonds is 5. The first-order valence-corrected chi connectivity index (χ1v) is 11.6. The highest BCUT2D eigenvalue weighted by Crippen LogP contribution is 2.36. The predicted molar refractivity (Wildman–Crippen MR) is 118 cm³/mol. The summed E-state index contributed by atoms with van der Waals surface area (Å²) < 4.78 is 0. The molecule has 148 valence electrons. The molecule has 2 aromatic heterocycles. The van der Waals surface area contributed by atoms with Crippen molar-refractivity contribution in [3.05, 3.63) is 42.7 Å². The summed E-state index contributed by atoms with van der Waals surface area (Å²) in [6.07, 6.45) is 7.28. The highest BCUT2D eigenvalue weighted by atomic mass is 32.2. The fraction of sp³-hybridized carbons (Fsp3) is 0.364. The Balaban J connectivity index is 1.47. The van der Waals surface area contributed by atoms with Gasteiger partial charge in [-0.25, -0.2) is 9.97 Å². The van der Waals surface area contributed by atoms with Crippen LogP contribution in [-0.2, 0) is 4.79 Å². The van der Waals surface area contributed by atoms with E-state index in [1.807, 2.05) is 18.2 Å². The number of benzene rings is 1. The molecule has 1 aromatic carbocycles. The van der Waals surface area contributed by atoms with Gasteiger partial charge in [-0.1, -0.05) is 67.8 Å². The molecule has 3 aromatic rings. The Kier molecular flexibility index (Phi) is 6.12. The summed E-state index contributed by atoms with van der Waals surface area (Å²) in [6.45, 7) is 0. The fourth-order valence-electron chi connectivity index (χ4n) is 3.73. The van der Waals surface area contributed by atoms with Crippen LogP contribution in [0.15, 0.2) is 47.8 Å². The number of thiophene rings is 1. The number of fused-ring (bicyclic) bond motifs is 1. The van der Waals surface area contributed by atoms with Crippen LogP contribution in [0.3, 0.4) is 0 Å². The Morgan fingerprint density at radius 1 is 1.17 bits per heavy atom. The van der Waals surface area contributed by atoms with E-state index in [0.29, 0.717) is 0 Å². The van der Waals surface area contributed by atoms with E-state index in [-0.39, 0.29) is 11.7 Å². The number of amides is 1. The first kappa shape index (κ1) is 19.9. The van der Waals surface area contributed by atoms with Gasteiger partial charge in [0.25, 0.3) is 0 Å². The van der Waals surface area contributed by atoms with Crippen molar-refractivity contribution in [1.82, 2.24) is 15.3 Å². The summed E-state index contributed by atoms with van der Waals surface area (Å²) in [7, 11) is 0. The Labute approximate surface area is 178 Å². The predicted octanol–water partition coefficient (Wildman–Crippen LogP) is 5.18. The molecule has 1 saturated carbocycles. The fourth-order valence-corrected chi connectivity index (χ4v) is 5.57. The highest BCUT2D eigenvalue weighted by molar-refractivity contribution is 8.00. The smallest absolute Gasteiger partial charge is 0.231 e. The average molecular weight is 423 g/mol. The second kappa shape index (κ2) is 8.93. The van der Waals surface area contributed by atoms with E-state index in [4.69, 9.17) is 0 Å². The van der Waals surface area contributed by atoms with Crippen molar-refractivity contribution in [2.24, 2.45) is 0 Å². The Hall–Kier alpha value is -2.43. The number of nitrogens with one attached hydrogen (secondary N) is 1. The topological polar surface area (TPSA) is 78.7 Å². The molecule has 5 nitrogen and oxygen atoms in total. The number of carbonyl (C=O) groups excluding carboxylic acids is 1. The summed E-state index contributed by atoms with van der Waals surface area (Å²) in [5.74, 6) is 0.134. The number of nitrogens with zero attached hydrogens (tertiary/aromatic N) is 3. The lowest BCUT2D eigenvalue weighted by atomic mass is 9.92. The number of nitriles is 1. The van der Waals surface area contributed by atoms with Crippen molar-refractivity contribution in [3.8, 4) is 16.5 Å². The molecule has 0 aliphatic heterocycles. The van der Waals surface area contributed by atoms with Crippen LogP contribution in [0.2, 0.25) is 0 Å². The van der Waals surface area contributed by atoms with Crippen molar-refractivity contribution in [3.63, 3.8) is 0 Å². The minimum absolute atomic E-state index is 0.108. The second-order valence-corrected chi connectivity index (χ2v) is 9.31. The van der Waals surface area contributed by atoms with Crippen LogP contribution in [-0.4, -0.2) is 27.2 Å². The molecular weight excluding hydrogens is 400 g/mol. The van der Waals surface area contributed by atoms with Crippen LogP contribution < -0.4 is 5.32 Å². The van der Waals surface area contributed by atoms with Gasteiger partial charge in [-0.15, -0.1) is 11.3 Å². The molecule has 1 N–H and O–H groups in total. The van der Waals surface area contributed by atoms with Crippen LogP contribution in [0, 0.1) is 11.3 Å². The highest BCUT2D eigenvalue weighted by Gasteiger charge is 2.32. The number of aromatic nitrogens is 2. The van der Waals surface area contributed by atoms with Crippen LogP contribution in [0.5, 0.6) is 0 Å². The lowest BCUT2D eigenvalue weighted by Gasteiger charge is -2.26. The number of thioether (sulfide) groups is 1. The van der Waals surface area contributed by atoms with Gasteiger partial charge in [0.2, 0.25) is 5.91 Å². The first-order valence-electron chi connectivity index (χ1n) is 9.84. The molecule has 0 bridgehead atoms. The van der Waals surface area contributed by atoms with Gasteiger partial charge in [-0.3, -0.25) is 4.79 Å². The zero-order valence-electron chi connectivity index (χ0n) is 16.1. The third-order valence-electron chi connectivity index (χ3n) is 5.24. The van der Waals surface area contributed by atoms with E-state index in [1.54, 1.807) is 17.7 Å². The summed E-state index contributed by atoms with van der Waals surface area (Å²) in [4.78, 5) is 23.4. The van der Waals surface area contributed by atoms with E-state index in [9.17, 15) is 10.1 Å². The zero-order valence-corrected chi connectivity index (χ0v) is 17.7. The van der Waals surface area contributed by atoms with Crippen molar-refractivity contribution >= 4 is 39.2 Å². The van der Waals surface area contributed by atoms with Gasteiger partial charge < -0.3 is 5.32 Å². The van der Waals surface area contributed by atoms with Crippen LogP contribution >= 0.6 is 23.1 Å². The molecule has 1 amide bonds. The van der Waals surface area contributed by atoms with Crippen molar-refractivity contribution in [1.29, 1.82) is 5.26 Å². The van der Waals surface area contributed by atoms with Crippen LogP contribution in [0.1, 0.15) is 38.5 Å². The van der Waals surface area contributed by atoms with E-state index >= 15 is 0 Å². The molecule has 1 fully saturated rings. The van der Waals surface area contributed by atoms with Gasteiger partial charge in [-0.2, -0.15) is 5.26 Å². The van der Waals surface area contributed by atoms with Crippen LogP contribution in [0.25, 0.3) is 20.7 Å². The quantitative estimate of drug-likeness (QED) is 0.348. The molecule has 0 atom stereocenters. The molecule has 0 unspecified atom stereocenters. The molecule has 29 heavy (non-hydrogen) atoms. The molecule has 2 heterocycles. The Morgan fingerprint density at radius 2 is 1.93 bits per heavy atom. The maximum absolute atomic E-state index is 12.6. The summed E-state index contributed by atoms with van der Waals surface area (Å²) in [6, 6.07) is 14.7. The molecule has 7 heteroatoms. The maximum atomic E-state index is 12.6. The standard InChI is InChI=1S/C22H22N4OS2/c23-14-22(10-6-1-2-7-11-22)26-19(27)13-28-20-17-12-18(16-8-4-3-5-9-16)29-21(17)25-15-24-20/h3-5,8-9,12,15H,1-2,6-7,10-11,13H2,(H,26,27). The van der Waals surface area contributed by atoms with Crippen molar-refractivity contribution in [2.45, 2.75) is 49.1 Å². The molecule has 0 saturated heterocycles. The minimum Gasteiger partial charge on any atom is -0.337 e. The van der Waals surface area contributed by atoms with Crippen molar-refractivity contribution < 1.29 is 4.79 Å². The van der Waals surface area contributed by atoms with Gasteiger partial charge >= 0.3 is 0 Å². The number of hydrogen-bond acceptors (Lipinski definition) is 6. The normalized spacial score (nSPS) is 16.1. The lowest BCUT2D eigenvalue weighted by Crippen LogP contribution is -2.47. The maximum Gasteiger partial charge on any atom is 0.231 e. The minimum atomic E-state index is -0.710. The van der Waals surface area contributed by atoms with Gasteiger partial charge in [0.05, 0.1) is 11.8 Å². The Bertz CT molecular complexity index is 1030. The summed E-state index contributed by atoms with van der Waals surface area (Å²) in [5, 5.41) is 14.4. The SMILES string of the molecule is N#CC1(NC(=O)CSc2ncnc3sc(-c4ccccc4)cc23)CCCCCC1. The molecule has 1 aliphatic carbocycles. The lowest BCUT2D eigenvalue weighted by molar-refractivity contribution is -0.120. The van der Waals surface area contributed by atoms with Crippen molar-refractivity contribution in [2.75, 3.05) is 5.75 Å². The summed E-state index contributed by atoms with van der Waals surface area (Å²) >= 11 is 3.03. The second-order valence-electron chi connectivity index (χ2n) is 7.32.